The molecule has 2 heterocycles. The van der Waals surface area contributed by atoms with Crippen LogP contribution < -0.4 is 10.3 Å². The zero-order valence-corrected chi connectivity index (χ0v) is 18.1. The molecule has 2 aromatic carbocycles. The molecule has 0 aliphatic rings. The molecular weight excluding hydrogens is 412 g/mol. The fourth-order valence-corrected chi connectivity index (χ4v) is 4.47. The van der Waals surface area contributed by atoms with Crippen LogP contribution in [-0.4, -0.2) is 27.2 Å². The standard InChI is InChI=1S/C24H22N2O4S/c1-15-16(2)31-22-20(15)23(27)26(21(25-22)17-7-4-3-5-8-17)13-6-14-30-19-11-9-18(10-12-19)24(28)29/h3-5,7-12H,6,13-14H2,1-2H3,(H,28,29). The SMILES string of the molecule is Cc1sc2nc(-c3ccccc3)n(CCCOc3ccc(C(=O)O)cc3)c(=O)c2c1C. The van der Waals surface area contributed by atoms with Crippen LogP contribution in [0.2, 0.25) is 0 Å². The number of carbonyl (C=O) groups is 1. The number of aromatic nitrogens is 2. The van der Waals surface area contributed by atoms with Crippen LogP contribution in [0.5, 0.6) is 5.75 Å². The Morgan fingerprint density at radius 2 is 1.81 bits per heavy atom. The number of rotatable bonds is 7. The summed E-state index contributed by atoms with van der Waals surface area (Å²) in [7, 11) is 0. The Hall–Kier alpha value is -3.45. The van der Waals surface area contributed by atoms with E-state index in [0.29, 0.717) is 36.5 Å². The maximum atomic E-state index is 13.4. The molecule has 0 atom stereocenters. The average Bonchev–Trinajstić information content (AvgIpc) is 3.07. The van der Waals surface area contributed by atoms with Crippen LogP contribution in [0.15, 0.2) is 59.4 Å². The minimum absolute atomic E-state index is 0.0310. The lowest BCUT2D eigenvalue weighted by Gasteiger charge is -2.13. The molecule has 0 aliphatic carbocycles. The number of benzene rings is 2. The Bertz CT molecular complexity index is 1290. The van der Waals surface area contributed by atoms with Crippen molar-refractivity contribution < 1.29 is 14.6 Å². The number of aromatic carboxylic acids is 1. The second-order valence-electron chi connectivity index (χ2n) is 7.25. The number of nitrogens with zero attached hydrogens (tertiary/aromatic N) is 2. The van der Waals surface area contributed by atoms with Crippen molar-refractivity contribution in [1.29, 1.82) is 0 Å². The number of carboxylic acids is 1. The van der Waals surface area contributed by atoms with Gasteiger partial charge in [-0.15, -0.1) is 11.3 Å². The summed E-state index contributed by atoms with van der Waals surface area (Å²) in [5.41, 5.74) is 2.07. The number of hydrogen-bond acceptors (Lipinski definition) is 5. The van der Waals surface area contributed by atoms with E-state index in [9.17, 15) is 9.59 Å². The zero-order valence-electron chi connectivity index (χ0n) is 17.3. The van der Waals surface area contributed by atoms with E-state index < -0.39 is 5.97 Å². The van der Waals surface area contributed by atoms with Crippen molar-refractivity contribution in [3.63, 3.8) is 0 Å². The molecule has 0 saturated carbocycles. The van der Waals surface area contributed by atoms with E-state index in [4.69, 9.17) is 14.8 Å². The van der Waals surface area contributed by atoms with E-state index in [2.05, 4.69) is 0 Å². The molecule has 0 amide bonds. The number of ether oxygens (including phenoxy) is 1. The highest BCUT2D eigenvalue weighted by molar-refractivity contribution is 7.18. The van der Waals surface area contributed by atoms with Crippen LogP contribution in [0.1, 0.15) is 27.2 Å². The summed E-state index contributed by atoms with van der Waals surface area (Å²) in [4.78, 5) is 31.0. The van der Waals surface area contributed by atoms with E-state index in [1.165, 1.54) is 12.1 Å². The van der Waals surface area contributed by atoms with Gasteiger partial charge in [-0.1, -0.05) is 30.3 Å². The molecule has 0 unspecified atom stereocenters. The van der Waals surface area contributed by atoms with Gasteiger partial charge in [0, 0.05) is 17.0 Å². The Kier molecular flexibility index (Phi) is 5.86. The molecule has 7 heteroatoms. The summed E-state index contributed by atoms with van der Waals surface area (Å²) in [6, 6.07) is 16.0. The molecular formula is C24H22N2O4S. The first-order valence-corrected chi connectivity index (χ1v) is 10.8. The highest BCUT2D eigenvalue weighted by Gasteiger charge is 2.17. The van der Waals surface area contributed by atoms with Gasteiger partial charge in [0.2, 0.25) is 0 Å². The van der Waals surface area contributed by atoms with Gasteiger partial charge in [-0.05, 0) is 50.1 Å². The summed E-state index contributed by atoms with van der Waals surface area (Å²) in [5.74, 6) is 0.282. The van der Waals surface area contributed by atoms with Crippen LogP contribution in [0.4, 0.5) is 0 Å². The van der Waals surface area contributed by atoms with Gasteiger partial charge in [0.1, 0.15) is 16.4 Å². The average molecular weight is 435 g/mol. The van der Waals surface area contributed by atoms with Crippen molar-refractivity contribution in [3.05, 3.63) is 81.0 Å². The summed E-state index contributed by atoms with van der Waals surface area (Å²) >= 11 is 1.55. The largest absolute Gasteiger partial charge is 0.494 e. The normalized spacial score (nSPS) is 11.0. The lowest BCUT2D eigenvalue weighted by Crippen LogP contribution is -2.24. The fraction of sp³-hybridized carbons (Fsp3) is 0.208. The second-order valence-corrected chi connectivity index (χ2v) is 8.46. The van der Waals surface area contributed by atoms with E-state index in [1.807, 2.05) is 44.2 Å². The summed E-state index contributed by atoms with van der Waals surface area (Å²) < 4.78 is 7.47. The predicted octanol–water partition coefficient (Wildman–Crippen LogP) is 4.91. The number of fused-ring (bicyclic) bond motifs is 1. The molecule has 158 valence electrons. The Labute approximate surface area is 183 Å². The molecule has 1 N–H and O–H groups in total. The highest BCUT2D eigenvalue weighted by atomic mass is 32.1. The van der Waals surface area contributed by atoms with Crippen molar-refractivity contribution in [2.75, 3.05) is 6.61 Å². The van der Waals surface area contributed by atoms with Crippen LogP contribution in [0.3, 0.4) is 0 Å². The second kappa shape index (κ2) is 8.73. The van der Waals surface area contributed by atoms with Crippen LogP contribution >= 0.6 is 11.3 Å². The molecule has 0 bridgehead atoms. The molecule has 0 saturated heterocycles. The monoisotopic (exact) mass is 434 g/mol. The molecule has 0 spiro atoms. The molecule has 31 heavy (non-hydrogen) atoms. The maximum Gasteiger partial charge on any atom is 0.335 e. The van der Waals surface area contributed by atoms with E-state index in [-0.39, 0.29) is 11.1 Å². The molecule has 0 radical (unpaired) electrons. The van der Waals surface area contributed by atoms with E-state index >= 15 is 0 Å². The van der Waals surface area contributed by atoms with Crippen LogP contribution in [0, 0.1) is 13.8 Å². The fourth-order valence-electron chi connectivity index (χ4n) is 3.45. The smallest absolute Gasteiger partial charge is 0.335 e. The van der Waals surface area contributed by atoms with Crippen molar-refractivity contribution >= 4 is 27.5 Å². The van der Waals surface area contributed by atoms with Crippen LogP contribution in [-0.2, 0) is 6.54 Å². The van der Waals surface area contributed by atoms with Gasteiger partial charge in [0.15, 0.2) is 0 Å². The van der Waals surface area contributed by atoms with Crippen molar-refractivity contribution in [2.24, 2.45) is 0 Å². The van der Waals surface area contributed by atoms with Gasteiger partial charge in [-0.3, -0.25) is 9.36 Å². The first-order valence-electron chi connectivity index (χ1n) is 9.98. The zero-order chi connectivity index (χ0) is 22.0. The van der Waals surface area contributed by atoms with Crippen molar-refractivity contribution in [3.8, 4) is 17.1 Å². The third kappa shape index (κ3) is 4.22. The number of thiophene rings is 1. The lowest BCUT2D eigenvalue weighted by molar-refractivity contribution is 0.0697. The van der Waals surface area contributed by atoms with E-state index in [1.54, 1.807) is 28.0 Å². The van der Waals surface area contributed by atoms with Gasteiger partial charge in [0.25, 0.3) is 5.56 Å². The third-order valence-electron chi connectivity index (χ3n) is 5.22. The predicted molar refractivity (Wildman–Crippen MR) is 122 cm³/mol. The molecule has 6 nitrogen and oxygen atoms in total. The van der Waals surface area contributed by atoms with Crippen LogP contribution in [0.25, 0.3) is 21.6 Å². The lowest BCUT2D eigenvalue weighted by atomic mass is 10.2. The van der Waals surface area contributed by atoms with Gasteiger partial charge < -0.3 is 9.84 Å². The number of aryl methyl sites for hydroxylation is 2. The summed E-state index contributed by atoms with van der Waals surface area (Å²) in [6.45, 7) is 4.84. The molecule has 0 aliphatic heterocycles. The first kappa shape index (κ1) is 20.8. The van der Waals surface area contributed by atoms with Gasteiger partial charge in [0.05, 0.1) is 17.6 Å². The maximum absolute atomic E-state index is 13.4. The van der Waals surface area contributed by atoms with Gasteiger partial charge >= 0.3 is 5.97 Å². The summed E-state index contributed by atoms with van der Waals surface area (Å²) in [5, 5.41) is 9.67. The first-order chi connectivity index (χ1) is 15.0. The molecule has 4 aromatic rings. The third-order valence-corrected chi connectivity index (χ3v) is 6.32. The highest BCUT2D eigenvalue weighted by Crippen LogP contribution is 2.28. The topological polar surface area (TPSA) is 81.4 Å². The van der Waals surface area contributed by atoms with E-state index in [0.717, 1.165) is 20.8 Å². The minimum atomic E-state index is -0.971. The Morgan fingerprint density at radius 3 is 2.48 bits per heavy atom. The quantitative estimate of drug-likeness (QED) is 0.418. The molecule has 0 fully saturated rings. The van der Waals surface area contributed by atoms with Crippen molar-refractivity contribution in [1.82, 2.24) is 9.55 Å². The molecule has 4 rings (SSSR count). The number of hydrogen-bond donors (Lipinski definition) is 1. The Balaban J connectivity index is 1.58. The van der Waals surface area contributed by atoms with Gasteiger partial charge in [-0.25, -0.2) is 9.78 Å². The van der Waals surface area contributed by atoms with Gasteiger partial charge in [-0.2, -0.15) is 0 Å². The van der Waals surface area contributed by atoms with Crippen molar-refractivity contribution in [2.45, 2.75) is 26.8 Å². The number of carboxylic acid groups (broad SMARTS) is 1. The minimum Gasteiger partial charge on any atom is -0.494 e. The summed E-state index contributed by atoms with van der Waals surface area (Å²) in [6.07, 6.45) is 0.607. The molecule has 2 aromatic heterocycles. The Morgan fingerprint density at radius 1 is 1.10 bits per heavy atom.